The van der Waals surface area contributed by atoms with E-state index in [2.05, 4.69) is 14.8 Å². The number of benzene rings is 1. The first-order chi connectivity index (χ1) is 12.0. The summed E-state index contributed by atoms with van der Waals surface area (Å²) < 4.78 is 19.8. The van der Waals surface area contributed by atoms with Crippen LogP contribution in [0.4, 0.5) is 5.88 Å². The van der Waals surface area contributed by atoms with Crippen molar-refractivity contribution in [1.82, 2.24) is 0 Å². The molecule has 0 saturated heterocycles. The van der Waals surface area contributed by atoms with Crippen LogP contribution in [0.25, 0.3) is 11.3 Å². The van der Waals surface area contributed by atoms with E-state index in [9.17, 15) is 14.9 Å². The third-order valence-corrected chi connectivity index (χ3v) is 3.38. The monoisotopic (exact) mass is 344 g/mol. The molecular formula is C17H16N2O6. The van der Waals surface area contributed by atoms with Crippen molar-refractivity contribution in [3.63, 3.8) is 0 Å². The van der Waals surface area contributed by atoms with Crippen LogP contribution < -0.4 is 10.1 Å². The van der Waals surface area contributed by atoms with Gasteiger partial charge in [0.1, 0.15) is 23.1 Å². The highest BCUT2D eigenvalue weighted by Crippen LogP contribution is 2.30. The third kappa shape index (κ3) is 3.90. The van der Waals surface area contributed by atoms with Gasteiger partial charge in [-0.1, -0.05) is 0 Å². The second kappa shape index (κ2) is 7.88. The van der Waals surface area contributed by atoms with Crippen LogP contribution in [-0.4, -0.2) is 39.3 Å². The molecule has 25 heavy (non-hydrogen) atoms. The van der Waals surface area contributed by atoms with Crippen molar-refractivity contribution < 1.29 is 28.2 Å². The summed E-state index contributed by atoms with van der Waals surface area (Å²) >= 11 is 0. The van der Waals surface area contributed by atoms with E-state index < -0.39 is 18.0 Å². The van der Waals surface area contributed by atoms with E-state index in [0.717, 1.165) is 14.2 Å². The second-order valence-electron chi connectivity index (χ2n) is 4.82. The fraction of sp³-hybridized carbons (Fsp3) is 0.235. The zero-order valence-electron chi connectivity index (χ0n) is 13.9. The van der Waals surface area contributed by atoms with Crippen molar-refractivity contribution in [2.45, 2.75) is 6.04 Å². The van der Waals surface area contributed by atoms with Crippen LogP contribution in [0.2, 0.25) is 0 Å². The van der Waals surface area contributed by atoms with Crippen molar-refractivity contribution in [2.75, 3.05) is 26.6 Å². The van der Waals surface area contributed by atoms with Crippen LogP contribution >= 0.6 is 0 Å². The Hall–Kier alpha value is -3.47. The van der Waals surface area contributed by atoms with Gasteiger partial charge in [-0.05, 0) is 24.3 Å². The quantitative estimate of drug-likeness (QED) is 0.625. The van der Waals surface area contributed by atoms with Gasteiger partial charge in [-0.15, -0.1) is 0 Å². The largest absolute Gasteiger partial charge is 0.497 e. The van der Waals surface area contributed by atoms with E-state index in [1.807, 2.05) is 6.07 Å². The SMILES string of the molecule is COC(=O)C(Nc1oc(-c2ccc(OC)cc2)cc1C#N)C(=O)OC. The first-order valence-corrected chi connectivity index (χ1v) is 7.14. The zero-order chi connectivity index (χ0) is 18.4. The lowest BCUT2D eigenvalue weighted by molar-refractivity contribution is -0.152. The fourth-order valence-corrected chi connectivity index (χ4v) is 2.06. The van der Waals surface area contributed by atoms with E-state index in [4.69, 9.17) is 9.15 Å². The molecule has 1 heterocycles. The Morgan fingerprint density at radius 2 is 1.72 bits per heavy atom. The predicted molar refractivity (Wildman–Crippen MR) is 86.9 cm³/mol. The molecule has 1 N–H and O–H groups in total. The summed E-state index contributed by atoms with van der Waals surface area (Å²) in [7, 11) is 3.82. The summed E-state index contributed by atoms with van der Waals surface area (Å²) in [5.74, 6) is -0.703. The van der Waals surface area contributed by atoms with Crippen LogP contribution in [0, 0.1) is 11.3 Å². The molecule has 0 unspecified atom stereocenters. The number of ether oxygens (including phenoxy) is 3. The van der Waals surface area contributed by atoms with Crippen molar-refractivity contribution in [1.29, 1.82) is 5.26 Å². The number of anilines is 1. The summed E-state index contributed by atoms with van der Waals surface area (Å²) in [6.07, 6.45) is 0. The van der Waals surface area contributed by atoms with Crippen molar-refractivity contribution >= 4 is 17.8 Å². The molecule has 0 aliphatic rings. The topological polar surface area (TPSA) is 111 Å². The van der Waals surface area contributed by atoms with Gasteiger partial charge in [0, 0.05) is 11.6 Å². The highest BCUT2D eigenvalue weighted by atomic mass is 16.5. The van der Waals surface area contributed by atoms with Gasteiger partial charge in [0.05, 0.1) is 21.3 Å². The van der Waals surface area contributed by atoms with Gasteiger partial charge in [0.25, 0.3) is 0 Å². The van der Waals surface area contributed by atoms with Gasteiger partial charge < -0.3 is 23.9 Å². The van der Waals surface area contributed by atoms with Crippen molar-refractivity contribution in [3.05, 3.63) is 35.9 Å². The first-order valence-electron chi connectivity index (χ1n) is 7.14. The second-order valence-corrected chi connectivity index (χ2v) is 4.82. The van der Waals surface area contributed by atoms with Crippen LogP contribution in [0.15, 0.2) is 34.7 Å². The van der Waals surface area contributed by atoms with Gasteiger partial charge in [-0.25, -0.2) is 9.59 Å². The minimum atomic E-state index is -1.45. The number of hydrogen-bond acceptors (Lipinski definition) is 8. The minimum absolute atomic E-state index is 0.0332. The maximum atomic E-state index is 11.7. The highest BCUT2D eigenvalue weighted by Gasteiger charge is 2.30. The average Bonchev–Trinajstić information content (AvgIpc) is 3.07. The number of furan rings is 1. The number of carbonyl (C=O) groups is 2. The Bertz CT molecular complexity index is 788. The molecule has 0 spiro atoms. The number of nitrogens with one attached hydrogen (secondary N) is 1. The lowest BCUT2D eigenvalue weighted by atomic mass is 10.1. The smallest absolute Gasteiger partial charge is 0.340 e. The molecule has 2 rings (SSSR count). The first kappa shape index (κ1) is 17.9. The van der Waals surface area contributed by atoms with Crippen LogP contribution in [0.1, 0.15) is 5.56 Å². The molecule has 1 aromatic heterocycles. The van der Waals surface area contributed by atoms with Gasteiger partial charge in [-0.2, -0.15) is 5.26 Å². The lowest BCUT2D eigenvalue weighted by Gasteiger charge is -2.13. The van der Waals surface area contributed by atoms with Crippen LogP contribution in [0.3, 0.4) is 0 Å². The number of esters is 2. The fourth-order valence-electron chi connectivity index (χ4n) is 2.06. The summed E-state index contributed by atoms with van der Waals surface area (Å²) in [5, 5.41) is 11.8. The molecule has 130 valence electrons. The summed E-state index contributed by atoms with van der Waals surface area (Å²) in [5.41, 5.74) is 0.821. The number of rotatable bonds is 6. The zero-order valence-corrected chi connectivity index (χ0v) is 13.9. The molecule has 2 aromatic rings. The molecule has 0 amide bonds. The molecule has 0 radical (unpaired) electrons. The molecular weight excluding hydrogens is 328 g/mol. The van der Waals surface area contributed by atoms with Crippen molar-refractivity contribution in [2.24, 2.45) is 0 Å². The Balaban J connectivity index is 2.34. The lowest BCUT2D eigenvalue weighted by Crippen LogP contribution is -2.39. The van der Waals surface area contributed by atoms with Gasteiger partial charge in [-0.3, -0.25) is 0 Å². The Labute approximate surface area is 143 Å². The van der Waals surface area contributed by atoms with E-state index in [1.165, 1.54) is 6.07 Å². The molecule has 0 aliphatic carbocycles. The van der Waals surface area contributed by atoms with Crippen LogP contribution in [0.5, 0.6) is 5.75 Å². The normalized spacial score (nSPS) is 10.0. The minimum Gasteiger partial charge on any atom is -0.497 e. The maximum Gasteiger partial charge on any atom is 0.340 e. The summed E-state index contributed by atoms with van der Waals surface area (Å²) in [4.78, 5) is 23.5. The predicted octanol–water partition coefficient (Wildman–Crippen LogP) is 1.95. The van der Waals surface area contributed by atoms with Gasteiger partial charge in [0.2, 0.25) is 11.9 Å². The van der Waals surface area contributed by atoms with E-state index >= 15 is 0 Å². The Morgan fingerprint density at radius 1 is 1.12 bits per heavy atom. The number of hydrogen-bond donors (Lipinski definition) is 1. The van der Waals surface area contributed by atoms with Gasteiger partial charge in [0.15, 0.2) is 0 Å². The molecule has 8 nitrogen and oxygen atoms in total. The summed E-state index contributed by atoms with van der Waals surface area (Å²) in [6, 6.07) is 8.97. The number of nitriles is 1. The maximum absolute atomic E-state index is 11.7. The standard InChI is InChI=1S/C17H16N2O6/c1-22-12-6-4-10(5-7-12)13-8-11(9-18)15(25-13)19-14(16(20)23-2)17(21)24-3/h4-8,14,19H,1-3H3. The third-order valence-electron chi connectivity index (χ3n) is 3.38. The average molecular weight is 344 g/mol. The number of carbonyl (C=O) groups excluding carboxylic acids is 2. The molecule has 8 heteroatoms. The summed E-state index contributed by atoms with van der Waals surface area (Å²) in [6.45, 7) is 0. The van der Waals surface area contributed by atoms with E-state index in [-0.39, 0.29) is 11.4 Å². The molecule has 0 atom stereocenters. The Morgan fingerprint density at radius 3 is 2.20 bits per heavy atom. The van der Waals surface area contributed by atoms with E-state index in [1.54, 1.807) is 31.4 Å². The van der Waals surface area contributed by atoms with E-state index in [0.29, 0.717) is 17.1 Å². The van der Waals surface area contributed by atoms with Crippen molar-refractivity contribution in [3.8, 4) is 23.1 Å². The molecule has 0 saturated carbocycles. The van der Waals surface area contributed by atoms with Crippen LogP contribution in [-0.2, 0) is 19.1 Å². The molecule has 0 fully saturated rings. The van der Waals surface area contributed by atoms with Gasteiger partial charge >= 0.3 is 11.9 Å². The number of methoxy groups -OCH3 is 3. The molecule has 0 aliphatic heterocycles. The number of nitrogens with zero attached hydrogens (tertiary/aromatic N) is 1. The highest BCUT2D eigenvalue weighted by molar-refractivity contribution is 6.02. The molecule has 0 bridgehead atoms. The Kier molecular flexibility index (Phi) is 5.63. The molecule has 1 aromatic carbocycles.